The molecule has 0 fully saturated rings. The number of carbonyl (C=O) groups is 1. The molecule has 0 rings (SSSR count). The average molecular weight is 127 g/mol. The van der Waals surface area contributed by atoms with Crippen LogP contribution in [0.2, 0.25) is 0 Å². The normalized spacial score (nSPS) is 12.3. The maximum atomic E-state index is 10.4. The van der Waals surface area contributed by atoms with Gasteiger partial charge in [0.1, 0.15) is 0 Å². The van der Waals surface area contributed by atoms with Crippen molar-refractivity contribution in [1.29, 1.82) is 0 Å². The van der Waals surface area contributed by atoms with Gasteiger partial charge in [0.2, 0.25) is 5.91 Å². The minimum Gasteiger partial charge on any atom is -0.350 e. The van der Waals surface area contributed by atoms with E-state index < -0.39 is 0 Å². The van der Waals surface area contributed by atoms with E-state index in [9.17, 15) is 4.79 Å². The molecule has 2 heteroatoms. The molecule has 2 nitrogen and oxygen atoms in total. The zero-order chi connectivity index (χ0) is 7.44. The smallest absolute Gasteiger partial charge is 0.217 e. The van der Waals surface area contributed by atoms with Crippen LogP contribution in [0, 0.1) is 0 Å². The van der Waals surface area contributed by atoms with Gasteiger partial charge >= 0.3 is 0 Å². The molecule has 1 unspecified atom stereocenters. The first kappa shape index (κ1) is 8.21. The molecule has 9 heavy (non-hydrogen) atoms. The molecule has 1 N–H and O–H groups in total. The number of amides is 1. The van der Waals surface area contributed by atoms with Gasteiger partial charge in [-0.05, 0) is 13.8 Å². The second-order valence-corrected chi connectivity index (χ2v) is 2.27. The Morgan fingerprint density at radius 3 is 2.11 bits per heavy atom. The number of carbonyl (C=O) groups excluding carboxylic acids is 1. The van der Waals surface area contributed by atoms with Gasteiger partial charge in [-0.25, -0.2) is 0 Å². The molecule has 1 atom stereocenters. The lowest BCUT2D eigenvalue weighted by atomic mass is 10.2. The number of rotatable bonds is 2. The second-order valence-electron chi connectivity index (χ2n) is 2.27. The molecule has 0 aromatic heterocycles. The highest BCUT2D eigenvalue weighted by Gasteiger charge is 2.00. The summed E-state index contributed by atoms with van der Waals surface area (Å²) < 4.78 is 0. The van der Waals surface area contributed by atoms with E-state index in [1.165, 1.54) is 6.92 Å². The molecule has 0 aromatic carbocycles. The van der Waals surface area contributed by atoms with Crippen molar-refractivity contribution in [2.75, 3.05) is 0 Å². The Labute approximate surface area is 56.0 Å². The third kappa shape index (κ3) is 3.76. The molecular formula is C7H13NO. The summed E-state index contributed by atoms with van der Waals surface area (Å²) in [6, 6.07) is 0.0995. The van der Waals surface area contributed by atoms with Gasteiger partial charge < -0.3 is 5.32 Å². The first-order valence-corrected chi connectivity index (χ1v) is 2.96. The SMILES string of the molecule is C=C(C)C(C)NC(C)=O. The zero-order valence-corrected chi connectivity index (χ0v) is 6.19. The van der Waals surface area contributed by atoms with Crippen molar-refractivity contribution in [3.8, 4) is 0 Å². The Morgan fingerprint density at radius 2 is 2.00 bits per heavy atom. The highest BCUT2D eigenvalue weighted by Crippen LogP contribution is 1.94. The van der Waals surface area contributed by atoms with E-state index in [2.05, 4.69) is 11.9 Å². The minimum absolute atomic E-state index is 0.00880. The summed E-state index contributed by atoms with van der Waals surface area (Å²) in [4.78, 5) is 10.4. The Bertz CT molecular complexity index is 129. The van der Waals surface area contributed by atoms with Gasteiger partial charge in [-0.2, -0.15) is 0 Å². The summed E-state index contributed by atoms with van der Waals surface area (Å²) in [6.07, 6.45) is 0. The highest BCUT2D eigenvalue weighted by molar-refractivity contribution is 5.73. The monoisotopic (exact) mass is 127 g/mol. The standard InChI is InChI=1S/C7H13NO/c1-5(2)6(3)8-7(4)9/h6H,1H2,2-4H3,(H,8,9). The number of hydrogen-bond acceptors (Lipinski definition) is 1. The van der Waals surface area contributed by atoms with Crippen molar-refractivity contribution in [3.63, 3.8) is 0 Å². The van der Waals surface area contributed by atoms with Crippen molar-refractivity contribution in [1.82, 2.24) is 5.32 Å². The van der Waals surface area contributed by atoms with Crippen LogP contribution in [0.15, 0.2) is 12.2 Å². The van der Waals surface area contributed by atoms with Crippen LogP contribution < -0.4 is 5.32 Å². The van der Waals surface area contributed by atoms with Crippen LogP contribution in [0.4, 0.5) is 0 Å². The molecule has 1 amide bonds. The van der Waals surface area contributed by atoms with E-state index in [0.717, 1.165) is 5.57 Å². The average Bonchev–Trinajstić information content (AvgIpc) is 1.63. The number of hydrogen-bond donors (Lipinski definition) is 1. The van der Waals surface area contributed by atoms with Crippen molar-refractivity contribution < 1.29 is 4.79 Å². The molecule has 0 heterocycles. The molecular weight excluding hydrogens is 114 g/mol. The zero-order valence-electron chi connectivity index (χ0n) is 6.19. The quantitative estimate of drug-likeness (QED) is 0.553. The largest absolute Gasteiger partial charge is 0.350 e. The van der Waals surface area contributed by atoms with Crippen LogP contribution in [0.3, 0.4) is 0 Å². The summed E-state index contributed by atoms with van der Waals surface area (Å²) >= 11 is 0. The van der Waals surface area contributed by atoms with Crippen LogP contribution in [0.25, 0.3) is 0 Å². The summed E-state index contributed by atoms with van der Waals surface area (Å²) in [5.41, 5.74) is 0.977. The Morgan fingerprint density at radius 1 is 1.56 bits per heavy atom. The van der Waals surface area contributed by atoms with Crippen LogP contribution >= 0.6 is 0 Å². The molecule has 0 radical (unpaired) electrons. The Hall–Kier alpha value is -0.790. The van der Waals surface area contributed by atoms with Crippen LogP contribution in [0.1, 0.15) is 20.8 Å². The van der Waals surface area contributed by atoms with Gasteiger partial charge in [0.15, 0.2) is 0 Å². The van der Waals surface area contributed by atoms with Gasteiger partial charge in [-0.1, -0.05) is 12.2 Å². The van der Waals surface area contributed by atoms with E-state index in [1.54, 1.807) is 0 Å². The molecule has 0 aliphatic carbocycles. The number of nitrogens with one attached hydrogen (secondary N) is 1. The summed E-state index contributed by atoms with van der Waals surface area (Å²) in [5, 5.41) is 2.70. The van der Waals surface area contributed by atoms with Crippen LogP contribution in [-0.4, -0.2) is 11.9 Å². The molecule has 0 aliphatic rings. The van der Waals surface area contributed by atoms with Crippen LogP contribution in [0.5, 0.6) is 0 Å². The molecule has 0 aromatic rings. The molecule has 0 aliphatic heterocycles. The molecule has 0 saturated heterocycles. The van der Waals surface area contributed by atoms with E-state index in [-0.39, 0.29) is 11.9 Å². The highest BCUT2D eigenvalue weighted by atomic mass is 16.1. The third-order valence-corrected chi connectivity index (χ3v) is 1.16. The van der Waals surface area contributed by atoms with Gasteiger partial charge in [0.25, 0.3) is 0 Å². The van der Waals surface area contributed by atoms with E-state index in [0.29, 0.717) is 0 Å². The van der Waals surface area contributed by atoms with Gasteiger partial charge in [-0.3, -0.25) is 4.79 Å². The molecule has 0 saturated carbocycles. The summed E-state index contributed by atoms with van der Waals surface area (Å²) in [6.45, 7) is 8.99. The van der Waals surface area contributed by atoms with Crippen molar-refractivity contribution >= 4 is 5.91 Å². The molecule has 0 bridgehead atoms. The predicted octanol–water partition coefficient (Wildman–Crippen LogP) is 1.09. The van der Waals surface area contributed by atoms with Gasteiger partial charge in [0.05, 0.1) is 0 Å². The van der Waals surface area contributed by atoms with Crippen molar-refractivity contribution in [3.05, 3.63) is 12.2 Å². The topological polar surface area (TPSA) is 29.1 Å². The minimum atomic E-state index is -0.00880. The van der Waals surface area contributed by atoms with Gasteiger partial charge in [-0.15, -0.1) is 0 Å². The molecule has 0 spiro atoms. The third-order valence-electron chi connectivity index (χ3n) is 1.16. The lowest BCUT2D eigenvalue weighted by Gasteiger charge is -2.10. The lowest BCUT2D eigenvalue weighted by Crippen LogP contribution is -2.30. The maximum absolute atomic E-state index is 10.4. The predicted molar refractivity (Wildman–Crippen MR) is 38.1 cm³/mol. The first-order valence-electron chi connectivity index (χ1n) is 2.96. The van der Waals surface area contributed by atoms with E-state index in [1.807, 2.05) is 13.8 Å². The molecule has 52 valence electrons. The van der Waals surface area contributed by atoms with Crippen LogP contribution in [-0.2, 0) is 4.79 Å². The van der Waals surface area contributed by atoms with E-state index in [4.69, 9.17) is 0 Å². The van der Waals surface area contributed by atoms with Crippen molar-refractivity contribution in [2.24, 2.45) is 0 Å². The van der Waals surface area contributed by atoms with Gasteiger partial charge in [0, 0.05) is 13.0 Å². The maximum Gasteiger partial charge on any atom is 0.217 e. The first-order chi connectivity index (χ1) is 4.04. The Kier molecular flexibility index (Phi) is 2.99. The summed E-state index contributed by atoms with van der Waals surface area (Å²) in [7, 11) is 0. The fourth-order valence-electron chi connectivity index (χ4n) is 0.428. The van der Waals surface area contributed by atoms with E-state index >= 15 is 0 Å². The fraction of sp³-hybridized carbons (Fsp3) is 0.571. The van der Waals surface area contributed by atoms with Crippen molar-refractivity contribution in [2.45, 2.75) is 26.8 Å². The fourth-order valence-corrected chi connectivity index (χ4v) is 0.428. The summed E-state index contributed by atoms with van der Waals surface area (Å²) in [5.74, 6) is -0.00880. The lowest BCUT2D eigenvalue weighted by molar-refractivity contribution is -0.119. The Balaban J connectivity index is 3.63. The second kappa shape index (κ2) is 3.28.